The summed E-state index contributed by atoms with van der Waals surface area (Å²) in [5.74, 6) is -1.01. The van der Waals surface area contributed by atoms with E-state index in [-0.39, 0.29) is 35.3 Å². The molecule has 0 aliphatic carbocycles. The number of imide groups is 1. The Morgan fingerprint density at radius 2 is 1.88 bits per heavy atom. The third kappa shape index (κ3) is 7.04. The Morgan fingerprint density at radius 3 is 2.47 bits per heavy atom. The Hall–Kier alpha value is -4.03. The minimum Gasteiger partial charge on any atom is -0.490 e. The van der Waals surface area contributed by atoms with Crippen molar-refractivity contribution in [3.05, 3.63) is 58.1 Å². The van der Waals surface area contributed by atoms with E-state index < -0.39 is 17.8 Å². The van der Waals surface area contributed by atoms with Crippen LogP contribution in [0.2, 0.25) is 5.02 Å². The number of carbonyl (C=O) groups is 3. The van der Waals surface area contributed by atoms with E-state index in [1.165, 1.54) is 18.2 Å². The summed E-state index contributed by atoms with van der Waals surface area (Å²) in [6.07, 6.45) is 1.21. The van der Waals surface area contributed by atoms with Crippen molar-refractivity contribution in [1.29, 1.82) is 5.26 Å². The number of primary amides is 1. The van der Waals surface area contributed by atoms with Crippen LogP contribution >= 0.6 is 11.6 Å². The number of nitrogens with one attached hydrogen (secondary N) is 2. The van der Waals surface area contributed by atoms with E-state index in [0.29, 0.717) is 11.3 Å². The summed E-state index contributed by atoms with van der Waals surface area (Å²) >= 11 is 6.30. The average Bonchev–Trinajstić information content (AvgIpc) is 2.72. The molecule has 0 saturated carbocycles. The molecule has 32 heavy (non-hydrogen) atoms. The number of urea groups is 1. The molecule has 0 radical (unpaired) electrons. The van der Waals surface area contributed by atoms with Crippen molar-refractivity contribution in [1.82, 2.24) is 5.32 Å². The second-order valence-corrected chi connectivity index (χ2v) is 6.86. The summed E-state index contributed by atoms with van der Waals surface area (Å²) < 4.78 is 11.1. The first-order chi connectivity index (χ1) is 15.2. The zero-order valence-corrected chi connectivity index (χ0v) is 18.2. The lowest BCUT2D eigenvalue weighted by molar-refractivity contribution is -0.118. The zero-order chi connectivity index (χ0) is 23.7. The monoisotopic (exact) mass is 456 g/mol. The van der Waals surface area contributed by atoms with Crippen LogP contribution in [0.25, 0.3) is 6.08 Å². The number of nitrogens with zero attached hydrogens (tertiary/aromatic N) is 1. The number of carbonyl (C=O) groups excluding carboxylic acids is 3. The van der Waals surface area contributed by atoms with Crippen molar-refractivity contribution in [2.75, 3.05) is 18.5 Å². The molecular formula is C22H21ClN4O5. The average molecular weight is 457 g/mol. The molecule has 2 rings (SSSR count). The highest BCUT2D eigenvalue weighted by Crippen LogP contribution is 2.37. The molecule has 0 aliphatic heterocycles. The maximum Gasteiger partial charge on any atom is 0.319 e. The first kappa shape index (κ1) is 24.2. The predicted molar refractivity (Wildman–Crippen MR) is 119 cm³/mol. The van der Waals surface area contributed by atoms with Crippen LogP contribution in [0.3, 0.4) is 0 Å². The smallest absolute Gasteiger partial charge is 0.319 e. The quantitative estimate of drug-likeness (QED) is 0.411. The highest BCUT2D eigenvalue weighted by atomic mass is 35.5. The summed E-state index contributed by atoms with van der Waals surface area (Å²) in [7, 11) is 0. The number of hydrogen-bond donors (Lipinski definition) is 3. The molecule has 4 N–H and O–H groups in total. The lowest BCUT2D eigenvalue weighted by atomic mass is 10.1. The number of nitriles is 1. The van der Waals surface area contributed by atoms with Gasteiger partial charge in [-0.3, -0.25) is 14.9 Å². The van der Waals surface area contributed by atoms with Crippen molar-refractivity contribution >= 4 is 41.2 Å². The number of anilines is 1. The number of nitrogens with two attached hydrogens (primary N) is 1. The lowest BCUT2D eigenvalue weighted by Crippen LogP contribution is -2.35. The van der Waals surface area contributed by atoms with Crippen LogP contribution in [0.5, 0.6) is 11.5 Å². The Balaban J connectivity index is 2.21. The maximum atomic E-state index is 12.2. The van der Waals surface area contributed by atoms with Crippen LogP contribution < -0.4 is 25.8 Å². The van der Waals surface area contributed by atoms with E-state index in [2.05, 4.69) is 5.32 Å². The molecular weight excluding hydrogens is 436 g/mol. The predicted octanol–water partition coefficient (Wildman–Crippen LogP) is 3.17. The first-order valence-electron chi connectivity index (χ1n) is 9.41. The molecule has 0 aliphatic rings. The van der Waals surface area contributed by atoms with E-state index in [1.807, 2.05) is 24.4 Å². The van der Waals surface area contributed by atoms with Gasteiger partial charge in [-0.25, -0.2) is 4.79 Å². The number of benzene rings is 2. The van der Waals surface area contributed by atoms with Gasteiger partial charge in [-0.2, -0.15) is 5.26 Å². The van der Waals surface area contributed by atoms with Gasteiger partial charge in [0.15, 0.2) is 18.1 Å². The molecule has 0 saturated heterocycles. The van der Waals surface area contributed by atoms with Crippen molar-refractivity contribution < 1.29 is 23.9 Å². The highest BCUT2D eigenvalue weighted by molar-refractivity contribution is 6.32. The van der Waals surface area contributed by atoms with Crippen molar-refractivity contribution in [3.8, 4) is 17.6 Å². The Labute approximate surface area is 189 Å². The Morgan fingerprint density at radius 1 is 1.19 bits per heavy atom. The van der Waals surface area contributed by atoms with Gasteiger partial charge in [0.1, 0.15) is 11.6 Å². The molecule has 0 aromatic heterocycles. The Kier molecular flexibility index (Phi) is 8.63. The van der Waals surface area contributed by atoms with Gasteiger partial charge in [0.25, 0.3) is 11.8 Å². The van der Waals surface area contributed by atoms with Crippen LogP contribution in [-0.2, 0) is 9.59 Å². The van der Waals surface area contributed by atoms with E-state index in [4.69, 9.17) is 26.8 Å². The van der Waals surface area contributed by atoms with Crippen molar-refractivity contribution in [3.63, 3.8) is 0 Å². The summed E-state index contributed by atoms with van der Waals surface area (Å²) in [5, 5.41) is 13.8. The van der Waals surface area contributed by atoms with Gasteiger partial charge >= 0.3 is 6.03 Å². The van der Waals surface area contributed by atoms with Gasteiger partial charge in [0, 0.05) is 5.69 Å². The number of amides is 4. The first-order valence-corrected chi connectivity index (χ1v) is 9.79. The second-order valence-electron chi connectivity index (χ2n) is 6.45. The molecule has 0 bridgehead atoms. The summed E-state index contributed by atoms with van der Waals surface area (Å²) in [5.41, 5.74) is 6.56. The van der Waals surface area contributed by atoms with Crippen LogP contribution in [0.15, 0.2) is 42.0 Å². The lowest BCUT2D eigenvalue weighted by Gasteiger charge is -2.14. The molecule has 10 heteroatoms. The number of rotatable bonds is 8. The molecule has 0 heterocycles. The third-order valence-corrected chi connectivity index (χ3v) is 4.21. The minimum absolute atomic E-state index is 0.0953. The van der Waals surface area contributed by atoms with Crippen LogP contribution in [0.4, 0.5) is 10.5 Å². The Bertz CT molecular complexity index is 1090. The van der Waals surface area contributed by atoms with Crippen molar-refractivity contribution in [2.45, 2.75) is 13.8 Å². The number of ether oxygens (including phenoxy) is 2. The van der Waals surface area contributed by atoms with Gasteiger partial charge in [-0.15, -0.1) is 0 Å². The molecule has 0 spiro atoms. The number of aryl methyl sites for hydroxylation is 1. The van der Waals surface area contributed by atoms with Gasteiger partial charge < -0.3 is 20.5 Å². The van der Waals surface area contributed by atoms with Crippen LogP contribution in [0.1, 0.15) is 18.1 Å². The fourth-order valence-electron chi connectivity index (χ4n) is 2.54. The van der Waals surface area contributed by atoms with Gasteiger partial charge in [0.2, 0.25) is 0 Å². The highest BCUT2D eigenvalue weighted by Gasteiger charge is 2.16. The van der Waals surface area contributed by atoms with Crippen LogP contribution in [0, 0.1) is 18.3 Å². The molecule has 0 fully saturated rings. The molecule has 0 unspecified atom stereocenters. The second kappa shape index (κ2) is 11.4. The normalized spacial score (nSPS) is 10.6. The zero-order valence-electron chi connectivity index (χ0n) is 17.4. The third-order valence-electron chi connectivity index (χ3n) is 3.93. The van der Waals surface area contributed by atoms with E-state index in [0.717, 1.165) is 5.56 Å². The molecule has 4 amide bonds. The molecule has 2 aromatic rings. The molecule has 9 nitrogen and oxygen atoms in total. The summed E-state index contributed by atoms with van der Waals surface area (Å²) in [6.45, 7) is 3.62. The number of hydrogen-bond acceptors (Lipinski definition) is 6. The van der Waals surface area contributed by atoms with E-state index >= 15 is 0 Å². The number of halogens is 1. The van der Waals surface area contributed by atoms with Gasteiger partial charge in [0.05, 0.1) is 11.6 Å². The fourth-order valence-corrected chi connectivity index (χ4v) is 2.81. The van der Waals surface area contributed by atoms with E-state index in [1.54, 1.807) is 25.1 Å². The summed E-state index contributed by atoms with van der Waals surface area (Å²) in [4.78, 5) is 34.9. The van der Waals surface area contributed by atoms with Gasteiger partial charge in [-0.1, -0.05) is 29.3 Å². The molecule has 2 aromatic carbocycles. The standard InChI is InChI=1S/C22H21ClN4O5/c1-3-31-18-10-14(8-15(11-24)21(29)27-22(25)30)9-17(23)20(18)32-12-19(28)26-16-6-4-13(2)5-7-16/h4-10H,3,12H2,1-2H3,(H,26,28)(H3,25,27,29,30)/b15-8-. The van der Waals surface area contributed by atoms with Crippen LogP contribution in [-0.4, -0.2) is 31.1 Å². The summed E-state index contributed by atoms with van der Waals surface area (Å²) in [6, 6.07) is 10.8. The fraction of sp³-hybridized carbons (Fsp3) is 0.182. The van der Waals surface area contributed by atoms with Gasteiger partial charge in [-0.05, 0) is 49.8 Å². The minimum atomic E-state index is -1.09. The topological polar surface area (TPSA) is 144 Å². The largest absolute Gasteiger partial charge is 0.490 e. The molecule has 0 atom stereocenters. The molecule has 166 valence electrons. The maximum absolute atomic E-state index is 12.2. The van der Waals surface area contributed by atoms with Crippen molar-refractivity contribution in [2.24, 2.45) is 5.73 Å². The SMILES string of the molecule is CCOc1cc(/C=C(/C#N)C(=O)NC(N)=O)cc(Cl)c1OCC(=O)Nc1ccc(C)cc1. The van der Waals surface area contributed by atoms with E-state index in [9.17, 15) is 19.6 Å².